The van der Waals surface area contributed by atoms with Gasteiger partial charge in [-0.15, -0.1) is 0 Å². The largest absolute Gasteiger partial charge is 0.399 e. The summed E-state index contributed by atoms with van der Waals surface area (Å²) in [4.78, 5) is 0. The fourth-order valence-corrected chi connectivity index (χ4v) is 2.25. The van der Waals surface area contributed by atoms with Gasteiger partial charge < -0.3 is 11.5 Å². The van der Waals surface area contributed by atoms with Gasteiger partial charge in [-0.25, -0.2) is 0 Å². The molecular formula is C15H16N2OP+. The molecule has 2 rings (SSSR count). The molecule has 19 heavy (non-hydrogen) atoms. The third-order valence-corrected chi connectivity index (χ3v) is 3.16. The van der Waals surface area contributed by atoms with Gasteiger partial charge in [0.05, 0.1) is 0 Å². The lowest BCUT2D eigenvalue weighted by Gasteiger charge is -2.09. The van der Waals surface area contributed by atoms with E-state index in [0.717, 1.165) is 16.7 Å². The molecule has 0 radical (unpaired) electrons. The Morgan fingerprint density at radius 2 is 1.53 bits per heavy atom. The minimum absolute atomic E-state index is 0.354. The highest BCUT2D eigenvalue weighted by Crippen LogP contribution is 2.26. The van der Waals surface area contributed by atoms with Gasteiger partial charge in [-0.1, -0.05) is 28.8 Å². The molecule has 1 atom stereocenters. The monoisotopic (exact) mass is 271 g/mol. The molecule has 3 nitrogen and oxygen atoms in total. The summed E-state index contributed by atoms with van der Waals surface area (Å²) in [5.41, 5.74) is 16.1. The topological polar surface area (TPSA) is 69.1 Å². The maximum absolute atomic E-state index is 10.8. The minimum Gasteiger partial charge on any atom is -0.399 e. The van der Waals surface area contributed by atoms with E-state index in [4.69, 9.17) is 11.5 Å². The van der Waals surface area contributed by atoms with Crippen LogP contribution in [0.5, 0.6) is 0 Å². The molecule has 0 spiro atoms. The summed E-state index contributed by atoms with van der Waals surface area (Å²) in [6.07, 6.45) is 2.47. The van der Waals surface area contributed by atoms with E-state index >= 15 is 0 Å². The quantitative estimate of drug-likeness (QED) is 0.662. The number of hydrogen-bond donors (Lipinski definition) is 2. The minimum atomic E-state index is -0.354. The third kappa shape index (κ3) is 3.43. The highest BCUT2D eigenvalue weighted by Gasteiger charge is 2.06. The molecule has 0 aliphatic rings. The van der Waals surface area contributed by atoms with Gasteiger partial charge in [0, 0.05) is 11.4 Å². The molecule has 0 bridgehead atoms. The molecule has 0 aromatic heterocycles. The van der Waals surface area contributed by atoms with Crippen molar-refractivity contribution >= 4 is 25.4 Å². The molecule has 0 saturated carbocycles. The molecule has 0 heterocycles. The highest BCUT2D eigenvalue weighted by molar-refractivity contribution is 7.23. The number of nitrogens with two attached hydrogens (primary N) is 2. The fraction of sp³-hybridized carbons (Fsp3) is 0.0667. The molecule has 0 aliphatic carbocycles. The van der Waals surface area contributed by atoms with E-state index in [2.05, 4.69) is 0 Å². The number of rotatable bonds is 4. The Morgan fingerprint density at radius 3 is 1.95 bits per heavy atom. The first kappa shape index (κ1) is 13.3. The maximum atomic E-state index is 10.8. The number of nitrogen functional groups attached to an aromatic ring is 2. The van der Waals surface area contributed by atoms with Gasteiger partial charge in [0.25, 0.3) is 0 Å². The molecule has 96 valence electrons. The van der Waals surface area contributed by atoms with Crippen LogP contribution < -0.4 is 11.5 Å². The standard InChI is InChI=1S/C15H15N2OP/c16-13-5-1-3-11(9-13)15(7-8-19-18)12-4-2-6-14(17)10-12/h1-7,9-10H,8,16-17H2/p+1. The Labute approximate surface area is 114 Å². The van der Waals surface area contributed by atoms with Crippen LogP contribution >= 0.6 is 8.46 Å². The van der Waals surface area contributed by atoms with E-state index in [1.54, 1.807) is 0 Å². The molecule has 0 fully saturated rings. The predicted molar refractivity (Wildman–Crippen MR) is 82.7 cm³/mol. The zero-order valence-electron chi connectivity index (χ0n) is 10.5. The highest BCUT2D eigenvalue weighted by atomic mass is 31.1. The SMILES string of the molecule is Nc1cccc(C(=CC[PH+]=O)c2cccc(N)c2)c1. The smallest absolute Gasteiger partial charge is 0.328 e. The second kappa shape index (κ2) is 6.17. The molecule has 0 amide bonds. The van der Waals surface area contributed by atoms with E-state index in [9.17, 15) is 4.57 Å². The van der Waals surface area contributed by atoms with E-state index in [0.29, 0.717) is 17.5 Å². The first-order valence-corrected chi connectivity index (χ1v) is 7.09. The van der Waals surface area contributed by atoms with Crippen LogP contribution in [-0.4, -0.2) is 6.16 Å². The Hall–Kier alpha value is -2.12. The van der Waals surface area contributed by atoms with E-state index < -0.39 is 0 Å². The average Bonchev–Trinajstić information content (AvgIpc) is 2.39. The molecule has 2 aromatic carbocycles. The zero-order valence-corrected chi connectivity index (χ0v) is 11.5. The molecule has 0 aliphatic heterocycles. The zero-order chi connectivity index (χ0) is 13.7. The summed E-state index contributed by atoms with van der Waals surface area (Å²) in [6, 6.07) is 15.3. The van der Waals surface area contributed by atoms with Crippen molar-refractivity contribution < 1.29 is 4.57 Å². The van der Waals surface area contributed by atoms with E-state index in [-0.39, 0.29) is 8.46 Å². The number of hydrogen-bond acceptors (Lipinski definition) is 3. The first-order chi connectivity index (χ1) is 9.20. The lowest BCUT2D eigenvalue weighted by atomic mass is 9.97. The van der Waals surface area contributed by atoms with Crippen LogP contribution in [0.1, 0.15) is 11.1 Å². The van der Waals surface area contributed by atoms with Crippen LogP contribution in [0.4, 0.5) is 11.4 Å². The molecule has 4 heteroatoms. The maximum Gasteiger partial charge on any atom is 0.328 e. The molecule has 2 aromatic rings. The van der Waals surface area contributed by atoms with Gasteiger partial charge in [0.1, 0.15) is 0 Å². The van der Waals surface area contributed by atoms with Crippen LogP contribution in [0.2, 0.25) is 0 Å². The summed E-state index contributed by atoms with van der Waals surface area (Å²) in [5.74, 6) is 0. The van der Waals surface area contributed by atoms with Crippen molar-refractivity contribution in [3.8, 4) is 0 Å². The lowest BCUT2D eigenvalue weighted by molar-refractivity contribution is 0.600. The number of allylic oxidation sites excluding steroid dienone is 1. The molecule has 1 unspecified atom stereocenters. The van der Waals surface area contributed by atoms with Crippen LogP contribution in [0.25, 0.3) is 5.57 Å². The number of anilines is 2. The Morgan fingerprint density at radius 1 is 1.00 bits per heavy atom. The average molecular weight is 271 g/mol. The van der Waals surface area contributed by atoms with Crippen molar-refractivity contribution in [3.63, 3.8) is 0 Å². The summed E-state index contributed by atoms with van der Waals surface area (Å²) >= 11 is 0. The van der Waals surface area contributed by atoms with Crippen molar-refractivity contribution in [2.75, 3.05) is 17.6 Å². The second-order valence-corrected chi connectivity index (χ2v) is 4.91. The van der Waals surface area contributed by atoms with Gasteiger partial charge >= 0.3 is 8.46 Å². The Kier molecular flexibility index (Phi) is 4.32. The first-order valence-electron chi connectivity index (χ1n) is 5.97. The van der Waals surface area contributed by atoms with Crippen molar-refractivity contribution in [2.24, 2.45) is 0 Å². The summed E-state index contributed by atoms with van der Waals surface area (Å²) in [5, 5.41) is 0. The fourth-order valence-electron chi connectivity index (χ4n) is 1.96. The number of benzene rings is 2. The molecular weight excluding hydrogens is 255 g/mol. The van der Waals surface area contributed by atoms with Crippen molar-refractivity contribution in [1.29, 1.82) is 0 Å². The van der Waals surface area contributed by atoms with Gasteiger partial charge in [-0.2, -0.15) is 0 Å². The predicted octanol–water partition coefficient (Wildman–Crippen LogP) is 3.31. The van der Waals surface area contributed by atoms with Crippen molar-refractivity contribution in [1.82, 2.24) is 0 Å². The lowest BCUT2D eigenvalue weighted by Crippen LogP contribution is -1.93. The van der Waals surface area contributed by atoms with Crippen LogP contribution in [-0.2, 0) is 4.57 Å². The van der Waals surface area contributed by atoms with E-state index in [1.165, 1.54) is 0 Å². The summed E-state index contributed by atoms with van der Waals surface area (Å²) < 4.78 is 10.8. The Bertz CT molecular complexity index is 576. The normalized spacial score (nSPS) is 10.3. The Balaban J connectivity index is 2.50. The van der Waals surface area contributed by atoms with Crippen LogP contribution in [0, 0.1) is 0 Å². The second-order valence-electron chi connectivity index (χ2n) is 4.22. The van der Waals surface area contributed by atoms with Gasteiger partial charge in [-0.3, -0.25) is 0 Å². The van der Waals surface area contributed by atoms with Crippen LogP contribution in [0.3, 0.4) is 0 Å². The molecule has 0 saturated heterocycles. The summed E-state index contributed by atoms with van der Waals surface area (Å²) in [7, 11) is -0.354. The summed E-state index contributed by atoms with van der Waals surface area (Å²) in [6.45, 7) is 0. The third-order valence-electron chi connectivity index (χ3n) is 2.78. The van der Waals surface area contributed by atoms with E-state index in [1.807, 2.05) is 54.6 Å². The van der Waals surface area contributed by atoms with Gasteiger partial charge in [0.2, 0.25) is 0 Å². The van der Waals surface area contributed by atoms with Crippen molar-refractivity contribution in [2.45, 2.75) is 0 Å². The van der Waals surface area contributed by atoms with Crippen molar-refractivity contribution in [3.05, 3.63) is 65.7 Å². The van der Waals surface area contributed by atoms with Crippen LogP contribution in [0.15, 0.2) is 54.6 Å². The van der Waals surface area contributed by atoms with Gasteiger partial charge in [-0.05, 0) is 47.0 Å². The molecule has 4 N–H and O–H groups in total. The van der Waals surface area contributed by atoms with Gasteiger partial charge in [0.15, 0.2) is 6.16 Å².